The van der Waals surface area contributed by atoms with Crippen molar-refractivity contribution >= 4 is 0 Å². The van der Waals surface area contributed by atoms with E-state index in [1.54, 1.807) is 0 Å². The lowest BCUT2D eigenvalue weighted by molar-refractivity contribution is -0.0749. The van der Waals surface area contributed by atoms with E-state index in [9.17, 15) is 0 Å². The van der Waals surface area contributed by atoms with Crippen molar-refractivity contribution in [3.8, 4) is 0 Å². The predicted molar refractivity (Wildman–Crippen MR) is 78.5 cm³/mol. The molecule has 1 N–H and O–H groups in total. The van der Waals surface area contributed by atoms with Crippen molar-refractivity contribution in [1.29, 1.82) is 0 Å². The van der Waals surface area contributed by atoms with Gasteiger partial charge >= 0.3 is 0 Å². The first kappa shape index (κ1) is 18.8. The molecule has 126 valence electrons. The number of hydrogen-bond donors (Lipinski definition) is 1. The molecule has 1 rings (SSSR count). The van der Waals surface area contributed by atoms with Crippen LogP contribution < -0.4 is 0 Å². The van der Waals surface area contributed by atoms with E-state index in [4.69, 9.17) is 28.8 Å². The molecule has 0 aliphatic carbocycles. The predicted octanol–water partition coefficient (Wildman–Crippen LogP) is 1.00. The Kier molecular flexibility index (Phi) is 11.0. The topological polar surface area (TPSA) is 66.4 Å². The van der Waals surface area contributed by atoms with E-state index in [1.807, 2.05) is 13.8 Å². The minimum atomic E-state index is 0.0170. The molecule has 0 aromatic carbocycles. The SMILES string of the molecule is CC(COCC1CCCO1)OCC(C)OCCOCCO. The van der Waals surface area contributed by atoms with Gasteiger partial charge in [0.05, 0.1) is 64.6 Å². The summed E-state index contributed by atoms with van der Waals surface area (Å²) in [5.74, 6) is 0. The van der Waals surface area contributed by atoms with Crippen LogP contribution in [0.2, 0.25) is 0 Å². The Morgan fingerprint density at radius 2 is 1.86 bits per heavy atom. The highest BCUT2D eigenvalue weighted by atomic mass is 16.6. The summed E-state index contributed by atoms with van der Waals surface area (Å²) in [6.07, 6.45) is 2.56. The second-order valence-corrected chi connectivity index (χ2v) is 5.33. The summed E-state index contributed by atoms with van der Waals surface area (Å²) in [6, 6.07) is 0. The van der Waals surface area contributed by atoms with E-state index in [2.05, 4.69) is 0 Å². The van der Waals surface area contributed by atoms with Gasteiger partial charge in [0.25, 0.3) is 0 Å². The van der Waals surface area contributed by atoms with Crippen LogP contribution in [-0.4, -0.2) is 76.3 Å². The largest absolute Gasteiger partial charge is 0.394 e. The molecular weight excluding hydrogens is 276 g/mol. The number of aliphatic hydroxyl groups is 1. The molecule has 0 bridgehead atoms. The summed E-state index contributed by atoms with van der Waals surface area (Å²) < 4.78 is 27.4. The van der Waals surface area contributed by atoms with E-state index in [-0.39, 0.29) is 24.9 Å². The number of ether oxygens (including phenoxy) is 5. The molecule has 0 aromatic heterocycles. The van der Waals surface area contributed by atoms with E-state index >= 15 is 0 Å². The third kappa shape index (κ3) is 10.2. The lowest BCUT2D eigenvalue weighted by atomic mass is 10.2. The highest BCUT2D eigenvalue weighted by Gasteiger charge is 2.16. The monoisotopic (exact) mass is 306 g/mol. The molecule has 1 aliphatic heterocycles. The first-order valence-corrected chi connectivity index (χ1v) is 7.83. The van der Waals surface area contributed by atoms with Gasteiger partial charge in [0, 0.05) is 6.61 Å². The van der Waals surface area contributed by atoms with Crippen molar-refractivity contribution in [3.63, 3.8) is 0 Å². The van der Waals surface area contributed by atoms with Gasteiger partial charge in [-0.1, -0.05) is 0 Å². The average Bonchev–Trinajstić information content (AvgIpc) is 2.98. The van der Waals surface area contributed by atoms with E-state index in [0.717, 1.165) is 19.4 Å². The normalized spacial score (nSPS) is 21.6. The van der Waals surface area contributed by atoms with Gasteiger partial charge in [-0.25, -0.2) is 0 Å². The smallest absolute Gasteiger partial charge is 0.0809 e. The second-order valence-electron chi connectivity index (χ2n) is 5.33. The molecule has 0 saturated carbocycles. The van der Waals surface area contributed by atoms with Crippen LogP contribution in [0.3, 0.4) is 0 Å². The van der Waals surface area contributed by atoms with Crippen LogP contribution in [-0.2, 0) is 23.7 Å². The summed E-state index contributed by atoms with van der Waals surface area (Å²) in [7, 11) is 0. The fraction of sp³-hybridized carbons (Fsp3) is 1.00. The highest BCUT2D eigenvalue weighted by Crippen LogP contribution is 2.12. The summed E-state index contributed by atoms with van der Waals surface area (Å²) in [4.78, 5) is 0. The molecular formula is C15H30O6. The molecule has 1 saturated heterocycles. The molecule has 3 unspecified atom stereocenters. The third-order valence-electron chi connectivity index (χ3n) is 3.16. The number of rotatable bonds is 13. The molecule has 1 heterocycles. The van der Waals surface area contributed by atoms with E-state index in [0.29, 0.717) is 39.6 Å². The van der Waals surface area contributed by atoms with Crippen LogP contribution in [0.25, 0.3) is 0 Å². The number of hydrogen-bond acceptors (Lipinski definition) is 6. The van der Waals surface area contributed by atoms with Crippen molar-refractivity contribution in [2.75, 3.05) is 52.9 Å². The Morgan fingerprint density at radius 3 is 2.57 bits per heavy atom. The van der Waals surface area contributed by atoms with E-state index in [1.165, 1.54) is 0 Å². The standard InChI is InChI=1S/C15H30O6/c1-13(10-18-12-15-4-3-6-20-15)21-11-14(2)19-9-8-17-7-5-16/h13-16H,3-12H2,1-2H3. The molecule has 21 heavy (non-hydrogen) atoms. The Hall–Kier alpha value is -0.240. The average molecular weight is 306 g/mol. The minimum Gasteiger partial charge on any atom is -0.394 e. The van der Waals surface area contributed by atoms with E-state index < -0.39 is 0 Å². The zero-order valence-corrected chi connectivity index (χ0v) is 13.3. The van der Waals surface area contributed by atoms with Crippen LogP contribution in [0.1, 0.15) is 26.7 Å². The van der Waals surface area contributed by atoms with Gasteiger partial charge in [-0.2, -0.15) is 0 Å². The van der Waals surface area contributed by atoms with Gasteiger partial charge < -0.3 is 28.8 Å². The molecule has 0 amide bonds. The zero-order valence-electron chi connectivity index (χ0n) is 13.3. The first-order chi connectivity index (χ1) is 10.2. The molecule has 1 aliphatic rings. The molecule has 0 aromatic rings. The third-order valence-corrected chi connectivity index (χ3v) is 3.16. The molecule has 0 spiro atoms. The summed E-state index contributed by atoms with van der Waals surface area (Å²) in [6.45, 7) is 7.98. The Labute approximate surface area is 127 Å². The maximum atomic E-state index is 8.55. The highest BCUT2D eigenvalue weighted by molar-refractivity contribution is 4.63. The van der Waals surface area contributed by atoms with Crippen LogP contribution in [0.5, 0.6) is 0 Å². The van der Waals surface area contributed by atoms with Gasteiger partial charge in [-0.05, 0) is 26.7 Å². The van der Waals surface area contributed by atoms with Crippen LogP contribution >= 0.6 is 0 Å². The fourth-order valence-corrected chi connectivity index (χ4v) is 2.01. The van der Waals surface area contributed by atoms with Crippen molar-refractivity contribution in [3.05, 3.63) is 0 Å². The summed E-state index contributed by atoms with van der Waals surface area (Å²) in [5.41, 5.74) is 0. The van der Waals surface area contributed by atoms with Gasteiger partial charge in [0.1, 0.15) is 0 Å². The van der Waals surface area contributed by atoms with Gasteiger partial charge in [-0.3, -0.25) is 0 Å². The van der Waals surface area contributed by atoms with Crippen molar-refractivity contribution in [1.82, 2.24) is 0 Å². The molecule has 1 fully saturated rings. The maximum Gasteiger partial charge on any atom is 0.0809 e. The molecule has 0 radical (unpaired) electrons. The van der Waals surface area contributed by atoms with Gasteiger partial charge in [0.2, 0.25) is 0 Å². The van der Waals surface area contributed by atoms with Gasteiger partial charge in [0.15, 0.2) is 0 Å². The van der Waals surface area contributed by atoms with Crippen molar-refractivity contribution in [2.24, 2.45) is 0 Å². The molecule has 6 nitrogen and oxygen atoms in total. The van der Waals surface area contributed by atoms with Gasteiger partial charge in [-0.15, -0.1) is 0 Å². The summed E-state index contributed by atoms with van der Waals surface area (Å²) >= 11 is 0. The number of aliphatic hydroxyl groups excluding tert-OH is 1. The Morgan fingerprint density at radius 1 is 1.05 bits per heavy atom. The van der Waals surface area contributed by atoms with Crippen molar-refractivity contribution < 1.29 is 28.8 Å². The Balaban J connectivity index is 1.89. The Bertz CT molecular complexity index is 232. The summed E-state index contributed by atoms with van der Waals surface area (Å²) in [5, 5.41) is 8.55. The van der Waals surface area contributed by atoms with Crippen LogP contribution in [0.15, 0.2) is 0 Å². The molecule has 3 atom stereocenters. The van der Waals surface area contributed by atoms with Crippen molar-refractivity contribution in [2.45, 2.75) is 45.0 Å². The lowest BCUT2D eigenvalue weighted by Crippen LogP contribution is -2.26. The molecule has 6 heteroatoms. The second kappa shape index (κ2) is 12.3. The zero-order chi connectivity index (χ0) is 15.3. The minimum absolute atomic E-state index is 0.0170. The van der Waals surface area contributed by atoms with Crippen LogP contribution in [0, 0.1) is 0 Å². The van der Waals surface area contributed by atoms with Crippen LogP contribution in [0.4, 0.5) is 0 Å². The maximum absolute atomic E-state index is 8.55. The fourth-order valence-electron chi connectivity index (χ4n) is 2.01. The lowest BCUT2D eigenvalue weighted by Gasteiger charge is -2.18. The quantitative estimate of drug-likeness (QED) is 0.512. The first-order valence-electron chi connectivity index (χ1n) is 7.83.